The van der Waals surface area contributed by atoms with Crippen LogP contribution in [0.15, 0.2) is 49.1 Å². The molecule has 4 rings (SSSR count). The van der Waals surface area contributed by atoms with E-state index < -0.39 is 0 Å². The fourth-order valence-corrected chi connectivity index (χ4v) is 3.59. The number of aromatic nitrogens is 4. The highest BCUT2D eigenvalue weighted by Gasteiger charge is 2.26. The zero-order valence-electron chi connectivity index (χ0n) is 13.3. The van der Waals surface area contributed by atoms with E-state index in [-0.39, 0.29) is 0 Å². The second kappa shape index (κ2) is 7.11. The van der Waals surface area contributed by atoms with E-state index in [0.29, 0.717) is 24.3 Å². The van der Waals surface area contributed by atoms with Gasteiger partial charge in [0.2, 0.25) is 5.82 Å². The van der Waals surface area contributed by atoms with Gasteiger partial charge in [-0.05, 0) is 24.9 Å². The minimum Gasteiger partial charge on any atom is -0.473 e. The predicted molar refractivity (Wildman–Crippen MR) is 92.4 cm³/mol. The van der Waals surface area contributed by atoms with Gasteiger partial charge in [0.05, 0.1) is 11.7 Å². The van der Waals surface area contributed by atoms with Gasteiger partial charge in [-0.1, -0.05) is 30.3 Å². The molecule has 1 aliphatic rings. The summed E-state index contributed by atoms with van der Waals surface area (Å²) < 4.78 is 16.4. The van der Waals surface area contributed by atoms with Crippen molar-refractivity contribution in [3.63, 3.8) is 0 Å². The maximum atomic E-state index is 6.00. The summed E-state index contributed by atoms with van der Waals surface area (Å²) in [5, 5.41) is 0. The van der Waals surface area contributed by atoms with Crippen molar-refractivity contribution in [2.45, 2.75) is 25.4 Å². The second-order valence-electron chi connectivity index (χ2n) is 5.93. The SMILES string of the molecule is c1ccc(CN2CCCC2COc2nsnc2-n2ccnc2)cc1. The Bertz CT molecular complexity index is 758. The molecule has 1 fully saturated rings. The zero-order valence-corrected chi connectivity index (χ0v) is 14.1. The fourth-order valence-electron chi connectivity index (χ4n) is 3.09. The monoisotopic (exact) mass is 341 g/mol. The van der Waals surface area contributed by atoms with E-state index in [2.05, 4.69) is 49.0 Å². The summed E-state index contributed by atoms with van der Waals surface area (Å²) in [7, 11) is 0. The average molecular weight is 341 g/mol. The number of ether oxygens (including phenoxy) is 1. The number of nitrogens with zero attached hydrogens (tertiary/aromatic N) is 5. The molecule has 1 saturated heterocycles. The van der Waals surface area contributed by atoms with Crippen LogP contribution in [0, 0.1) is 0 Å². The molecule has 124 valence electrons. The Labute approximate surface area is 145 Å². The molecule has 1 atom stereocenters. The zero-order chi connectivity index (χ0) is 16.2. The van der Waals surface area contributed by atoms with Crippen LogP contribution in [0.3, 0.4) is 0 Å². The maximum Gasteiger partial charge on any atom is 0.271 e. The Balaban J connectivity index is 1.40. The van der Waals surface area contributed by atoms with Crippen LogP contribution in [0.1, 0.15) is 18.4 Å². The molecule has 24 heavy (non-hydrogen) atoms. The smallest absolute Gasteiger partial charge is 0.271 e. The highest BCUT2D eigenvalue weighted by Crippen LogP contribution is 2.24. The van der Waals surface area contributed by atoms with Gasteiger partial charge in [0.1, 0.15) is 12.9 Å². The van der Waals surface area contributed by atoms with Crippen LogP contribution in [-0.2, 0) is 6.54 Å². The van der Waals surface area contributed by atoms with Crippen molar-refractivity contribution in [1.29, 1.82) is 0 Å². The van der Waals surface area contributed by atoms with Gasteiger partial charge in [-0.3, -0.25) is 9.47 Å². The molecule has 1 unspecified atom stereocenters. The maximum absolute atomic E-state index is 6.00. The van der Waals surface area contributed by atoms with Crippen molar-refractivity contribution >= 4 is 11.7 Å². The molecule has 6 nitrogen and oxygen atoms in total. The van der Waals surface area contributed by atoms with Crippen molar-refractivity contribution in [2.75, 3.05) is 13.2 Å². The van der Waals surface area contributed by atoms with Crippen molar-refractivity contribution in [1.82, 2.24) is 23.2 Å². The van der Waals surface area contributed by atoms with Crippen LogP contribution in [0.2, 0.25) is 0 Å². The third kappa shape index (κ3) is 3.32. The van der Waals surface area contributed by atoms with Crippen LogP contribution in [0.4, 0.5) is 0 Å². The highest BCUT2D eigenvalue weighted by molar-refractivity contribution is 6.99. The molecule has 0 saturated carbocycles. The van der Waals surface area contributed by atoms with E-state index in [9.17, 15) is 0 Å². The van der Waals surface area contributed by atoms with Crippen LogP contribution >= 0.6 is 11.7 Å². The third-order valence-electron chi connectivity index (χ3n) is 4.33. The number of hydrogen-bond acceptors (Lipinski definition) is 6. The topological polar surface area (TPSA) is 56.1 Å². The largest absolute Gasteiger partial charge is 0.473 e. The number of likely N-dealkylation sites (tertiary alicyclic amines) is 1. The lowest BCUT2D eigenvalue weighted by Crippen LogP contribution is -2.33. The number of hydrogen-bond donors (Lipinski definition) is 0. The van der Waals surface area contributed by atoms with Crippen molar-refractivity contribution in [3.05, 3.63) is 54.6 Å². The first-order valence-electron chi connectivity index (χ1n) is 8.12. The molecule has 0 N–H and O–H groups in total. The van der Waals surface area contributed by atoms with Crippen LogP contribution in [0.25, 0.3) is 5.82 Å². The van der Waals surface area contributed by atoms with Gasteiger partial charge in [0.25, 0.3) is 5.88 Å². The molecule has 2 aromatic heterocycles. The second-order valence-corrected chi connectivity index (χ2v) is 6.45. The first kappa shape index (κ1) is 15.3. The fraction of sp³-hybridized carbons (Fsp3) is 0.353. The minimum absolute atomic E-state index is 0.419. The summed E-state index contributed by atoms with van der Waals surface area (Å²) in [6, 6.07) is 11.0. The Morgan fingerprint density at radius 2 is 2.12 bits per heavy atom. The highest BCUT2D eigenvalue weighted by atomic mass is 32.1. The molecular formula is C17H19N5OS. The van der Waals surface area contributed by atoms with Crippen molar-refractivity contribution in [2.24, 2.45) is 0 Å². The summed E-state index contributed by atoms with van der Waals surface area (Å²) in [4.78, 5) is 6.54. The molecule has 1 aliphatic heterocycles. The summed E-state index contributed by atoms with van der Waals surface area (Å²) in [6.45, 7) is 2.73. The number of imidazole rings is 1. The van der Waals surface area contributed by atoms with E-state index in [1.54, 1.807) is 12.5 Å². The van der Waals surface area contributed by atoms with E-state index in [4.69, 9.17) is 4.74 Å². The molecule has 0 bridgehead atoms. The van der Waals surface area contributed by atoms with E-state index in [1.807, 2.05) is 10.8 Å². The van der Waals surface area contributed by atoms with Gasteiger partial charge in [-0.2, -0.15) is 4.37 Å². The lowest BCUT2D eigenvalue weighted by molar-refractivity contribution is 0.164. The number of rotatable bonds is 6. The van der Waals surface area contributed by atoms with Crippen molar-refractivity contribution < 1.29 is 4.74 Å². The predicted octanol–water partition coefficient (Wildman–Crippen LogP) is 2.77. The quantitative estimate of drug-likeness (QED) is 0.690. The molecule has 3 aromatic rings. The van der Waals surface area contributed by atoms with Gasteiger partial charge in [0, 0.05) is 25.0 Å². The molecule has 0 amide bonds. The van der Waals surface area contributed by atoms with Crippen LogP contribution < -0.4 is 4.74 Å². The lowest BCUT2D eigenvalue weighted by Gasteiger charge is -2.24. The number of benzene rings is 1. The first-order chi connectivity index (χ1) is 11.9. The van der Waals surface area contributed by atoms with Gasteiger partial charge < -0.3 is 4.74 Å². The summed E-state index contributed by atoms with van der Waals surface area (Å²) >= 11 is 1.16. The molecular weight excluding hydrogens is 322 g/mol. The molecule has 0 aliphatic carbocycles. The molecule has 7 heteroatoms. The van der Waals surface area contributed by atoms with Gasteiger partial charge >= 0.3 is 0 Å². The Hall–Kier alpha value is -2.25. The Morgan fingerprint density at radius 3 is 2.96 bits per heavy atom. The van der Waals surface area contributed by atoms with E-state index in [1.165, 1.54) is 12.0 Å². The van der Waals surface area contributed by atoms with Crippen molar-refractivity contribution in [3.8, 4) is 11.7 Å². The average Bonchev–Trinajstić information content (AvgIpc) is 3.35. The Morgan fingerprint density at radius 1 is 1.21 bits per heavy atom. The lowest BCUT2D eigenvalue weighted by atomic mass is 10.2. The van der Waals surface area contributed by atoms with Gasteiger partial charge in [-0.25, -0.2) is 4.98 Å². The molecule has 0 radical (unpaired) electrons. The molecule has 3 heterocycles. The first-order valence-corrected chi connectivity index (χ1v) is 8.85. The normalized spacial score (nSPS) is 18.1. The standard InChI is InChI=1S/C17H19N5OS/c1-2-5-14(6-3-1)11-21-9-4-7-15(21)12-23-17-16(19-24-20-17)22-10-8-18-13-22/h1-3,5-6,8,10,13,15H,4,7,9,11-12H2. The third-order valence-corrected chi connectivity index (χ3v) is 4.83. The van der Waals surface area contributed by atoms with Gasteiger partial charge in [0.15, 0.2) is 0 Å². The summed E-state index contributed by atoms with van der Waals surface area (Å²) in [5.74, 6) is 1.30. The summed E-state index contributed by atoms with van der Waals surface area (Å²) in [6.07, 6.45) is 7.65. The van der Waals surface area contributed by atoms with E-state index in [0.717, 1.165) is 31.2 Å². The Kier molecular flexibility index (Phi) is 4.53. The van der Waals surface area contributed by atoms with Crippen LogP contribution in [0.5, 0.6) is 5.88 Å². The summed E-state index contributed by atoms with van der Waals surface area (Å²) in [5.41, 5.74) is 1.35. The van der Waals surface area contributed by atoms with Gasteiger partial charge in [-0.15, -0.1) is 4.37 Å². The molecule has 0 spiro atoms. The molecule has 1 aromatic carbocycles. The minimum atomic E-state index is 0.419. The van der Waals surface area contributed by atoms with Crippen LogP contribution in [-0.4, -0.2) is 42.4 Å². The van der Waals surface area contributed by atoms with E-state index >= 15 is 0 Å².